The molecule has 2 aromatic rings. The number of hydrogen-bond donors (Lipinski definition) is 2. The van der Waals surface area contributed by atoms with Crippen LogP contribution in [0.25, 0.3) is 0 Å². The molecule has 4 nitrogen and oxygen atoms in total. The fourth-order valence-corrected chi connectivity index (χ4v) is 3.22. The first-order chi connectivity index (χ1) is 11.6. The van der Waals surface area contributed by atoms with E-state index in [0.29, 0.717) is 31.5 Å². The second kappa shape index (κ2) is 7.81. The molecule has 1 aliphatic carbocycles. The van der Waals surface area contributed by atoms with Crippen LogP contribution in [-0.2, 0) is 11.4 Å². The predicted octanol–water partition coefficient (Wildman–Crippen LogP) is 3.35. The lowest BCUT2D eigenvalue weighted by atomic mass is 10.1. The van der Waals surface area contributed by atoms with Gasteiger partial charge in [0, 0.05) is 29.4 Å². The van der Waals surface area contributed by atoms with Crippen LogP contribution in [0.15, 0.2) is 53.0 Å². The van der Waals surface area contributed by atoms with Crippen molar-refractivity contribution in [2.24, 2.45) is 5.73 Å². The predicted molar refractivity (Wildman–Crippen MR) is 97.9 cm³/mol. The summed E-state index contributed by atoms with van der Waals surface area (Å²) in [4.78, 5) is 10.7. The summed E-state index contributed by atoms with van der Waals surface area (Å²) in [6.45, 7) is 1.21. The highest BCUT2D eigenvalue weighted by Gasteiger charge is 2.37. The molecule has 3 rings (SSSR count). The Kier molecular flexibility index (Phi) is 5.53. The molecule has 0 spiro atoms. The second-order valence-corrected chi connectivity index (χ2v) is 7.02. The smallest absolute Gasteiger partial charge is 0.218 e. The van der Waals surface area contributed by atoms with E-state index in [1.54, 1.807) is 0 Å². The van der Waals surface area contributed by atoms with Gasteiger partial charge in [0.15, 0.2) is 0 Å². The van der Waals surface area contributed by atoms with Gasteiger partial charge in [-0.2, -0.15) is 0 Å². The van der Waals surface area contributed by atoms with Crippen LogP contribution in [0.2, 0.25) is 0 Å². The number of carbonyl (C=O) groups is 1. The van der Waals surface area contributed by atoms with Crippen molar-refractivity contribution in [2.45, 2.75) is 31.4 Å². The number of primary amides is 1. The Hall–Kier alpha value is -1.85. The molecule has 24 heavy (non-hydrogen) atoms. The average Bonchev–Trinajstić information content (AvgIpc) is 3.33. The van der Waals surface area contributed by atoms with E-state index in [2.05, 4.69) is 39.4 Å². The van der Waals surface area contributed by atoms with Gasteiger partial charge in [-0.1, -0.05) is 40.2 Å². The van der Waals surface area contributed by atoms with Crippen LogP contribution in [-0.4, -0.2) is 18.5 Å². The lowest BCUT2D eigenvalue weighted by Gasteiger charge is -2.08. The van der Waals surface area contributed by atoms with Crippen molar-refractivity contribution >= 4 is 21.8 Å². The van der Waals surface area contributed by atoms with Gasteiger partial charge in [-0.25, -0.2) is 0 Å². The normalized spacial score (nSPS) is 19.0. The fourth-order valence-electron chi connectivity index (χ4n) is 2.77. The van der Waals surface area contributed by atoms with E-state index in [1.807, 2.05) is 30.3 Å². The molecular weight excluding hydrogens is 368 g/mol. The molecule has 3 N–H and O–H groups in total. The topological polar surface area (TPSA) is 64.4 Å². The molecule has 0 heterocycles. The third-order valence-electron chi connectivity index (χ3n) is 4.17. The summed E-state index contributed by atoms with van der Waals surface area (Å²) in [6, 6.07) is 16.8. The Labute approximate surface area is 150 Å². The van der Waals surface area contributed by atoms with E-state index in [0.717, 1.165) is 22.2 Å². The van der Waals surface area contributed by atoms with Gasteiger partial charge < -0.3 is 15.8 Å². The maximum atomic E-state index is 10.7. The SMILES string of the molecule is NC(=O)CCN[C@@H]1C[C@H]1c1ccc(OCc2cccc(Br)c2)cc1. The quantitative estimate of drug-likeness (QED) is 0.728. The molecule has 0 radical (unpaired) electrons. The standard InChI is InChI=1S/C19H21BrN2O2/c20-15-3-1-2-13(10-15)12-24-16-6-4-14(5-7-16)17-11-18(17)22-9-8-19(21)23/h1-7,10,17-18,22H,8-9,11-12H2,(H2,21,23)/t17-,18+/m0/s1. The van der Waals surface area contributed by atoms with E-state index in [9.17, 15) is 4.79 Å². The summed E-state index contributed by atoms with van der Waals surface area (Å²) in [5, 5.41) is 3.37. The molecule has 0 bridgehead atoms. The monoisotopic (exact) mass is 388 g/mol. The highest BCUT2D eigenvalue weighted by atomic mass is 79.9. The molecule has 0 saturated heterocycles. The number of rotatable bonds is 8. The minimum absolute atomic E-state index is 0.258. The Balaban J connectivity index is 1.47. The first-order valence-corrected chi connectivity index (χ1v) is 8.90. The van der Waals surface area contributed by atoms with E-state index in [-0.39, 0.29) is 5.91 Å². The second-order valence-electron chi connectivity index (χ2n) is 6.11. The van der Waals surface area contributed by atoms with Crippen LogP contribution in [0, 0.1) is 0 Å². The Bertz CT molecular complexity index is 703. The Morgan fingerprint density at radius 2 is 2.04 bits per heavy atom. The molecule has 1 amide bonds. The molecule has 0 aromatic heterocycles. The number of ether oxygens (including phenoxy) is 1. The van der Waals surface area contributed by atoms with Crippen molar-refractivity contribution in [3.63, 3.8) is 0 Å². The van der Waals surface area contributed by atoms with Crippen LogP contribution in [0.3, 0.4) is 0 Å². The number of nitrogens with two attached hydrogens (primary N) is 1. The third kappa shape index (κ3) is 4.82. The van der Waals surface area contributed by atoms with Crippen molar-refractivity contribution in [1.82, 2.24) is 5.32 Å². The largest absolute Gasteiger partial charge is 0.489 e. The molecule has 1 aliphatic rings. The molecule has 0 aliphatic heterocycles. The summed E-state index contributed by atoms with van der Waals surface area (Å²) in [7, 11) is 0. The van der Waals surface area contributed by atoms with E-state index < -0.39 is 0 Å². The van der Waals surface area contributed by atoms with Crippen molar-refractivity contribution in [3.8, 4) is 5.75 Å². The van der Waals surface area contributed by atoms with Gasteiger partial charge in [0.2, 0.25) is 5.91 Å². The van der Waals surface area contributed by atoms with Gasteiger partial charge in [-0.3, -0.25) is 4.79 Å². The van der Waals surface area contributed by atoms with Gasteiger partial charge >= 0.3 is 0 Å². The summed E-state index contributed by atoms with van der Waals surface area (Å²) >= 11 is 3.46. The highest BCUT2D eigenvalue weighted by Crippen LogP contribution is 2.41. The number of benzene rings is 2. The number of hydrogen-bond acceptors (Lipinski definition) is 3. The van der Waals surface area contributed by atoms with Crippen molar-refractivity contribution < 1.29 is 9.53 Å². The first kappa shape index (κ1) is 17.0. The minimum Gasteiger partial charge on any atom is -0.489 e. The Morgan fingerprint density at radius 3 is 2.75 bits per heavy atom. The summed E-state index contributed by atoms with van der Waals surface area (Å²) < 4.78 is 6.89. The summed E-state index contributed by atoms with van der Waals surface area (Å²) in [5.41, 5.74) is 7.59. The van der Waals surface area contributed by atoms with Crippen molar-refractivity contribution in [2.75, 3.05) is 6.54 Å². The zero-order valence-corrected chi connectivity index (χ0v) is 15.0. The number of nitrogens with one attached hydrogen (secondary N) is 1. The van der Waals surface area contributed by atoms with Gasteiger partial charge in [0.1, 0.15) is 12.4 Å². The summed E-state index contributed by atoms with van der Waals surface area (Å²) in [5.74, 6) is 1.14. The third-order valence-corrected chi connectivity index (χ3v) is 4.66. The number of carbonyl (C=O) groups excluding carboxylic acids is 1. The van der Waals surface area contributed by atoms with Gasteiger partial charge in [0.05, 0.1) is 0 Å². The average molecular weight is 389 g/mol. The van der Waals surface area contributed by atoms with Crippen molar-refractivity contribution in [3.05, 3.63) is 64.1 Å². The number of amides is 1. The minimum atomic E-state index is -0.258. The molecular formula is C19H21BrN2O2. The molecule has 2 aromatic carbocycles. The van der Waals surface area contributed by atoms with Crippen molar-refractivity contribution in [1.29, 1.82) is 0 Å². The zero-order valence-electron chi connectivity index (χ0n) is 13.4. The van der Waals surface area contributed by atoms with Crippen LogP contribution in [0.4, 0.5) is 0 Å². The van der Waals surface area contributed by atoms with E-state index in [4.69, 9.17) is 10.5 Å². The molecule has 126 valence electrons. The van der Waals surface area contributed by atoms with Gasteiger partial charge in [-0.05, 0) is 41.8 Å². The number of halogens is 1. The maximum absolute atomic E-state index is 10.7. The van der Waals surface area contributed by atoms with E-state index in [1.165, 1.54) is 5.56 Å². The fraction of sp³-hybridized carbons (Fsp3) is 0.316. The summed E-state index contributed by atoms with van der Waals surface area (Å²) in [6.07, 6.45) is 1.50. The lowest BCUT2D eigenvalue weighted by molar-refractivity contribution is -0.117. The lowest BCUT2D eigenvalue weighted by Crippen LogP contribution is -2.24. The maximum Gasteiger partial charge on any atom is 0.218 e. The highest BCUT2D eigenvalue weighted by molar-refractivity contribution is 9.10. The van der Waals surface area contributed by atoms with Crippen LogP contribution >= 0.6 is 15.9 Å². The molecule has 2 atom stereocenters. The zero-order chi connectivity index (χ0) is 16.9. The van der Waals surface area contributed by atoms with Gasteiger partial charge in [0.25, 0.3) is 0 Å². The van der Waals surface area contributed by atoms with Gasteiger partial charge in [-0.15, -0.1) is 0 Å². The first-order valence-electron chi connectivity index (χ1n) is 8.11. The van der Waals surface area contributed by atoms with Crippen LogP contribution < -0.4 is 15.8 Å². The molecule has 1 fully saturated rings. The van der Waals surface area contributed by atoms with Crippen LogP contribution in [0.5, 0.6) is 5.75 Å². The van der Waals surface area contributed by atoms with E-state index >= 15 is 0 Å². The molecule has 1 saturated carbocycles. The molecule has 5 heteroatoms. The van der Waals surface area contributed by atoms with Crippen LogP contribution in [0.1, 0.15) is 29.9 Å². The molecule has 0 unspecified atom stereocenters. The Morgan fingerprint density at radius 1 is 1.25 bits per heavy atom.